The Morgan fingerprint density at radius 2 is 2.06 bits per heavy atom. The van der Waals surface area contributed by atoms with Gasteiger partial charge in [0.2, 0.25) is 0 Å². The third-order valence-electron chi connectivity index (χ3n) is 1.92. The standard InChI is InChI=1S/C11H14N2O4/c1-2-16-10(14)7-17-9-5-3-8(4-6-9)11(12)13-15/h3-6,15H,2,7H2,1H3,(H2,12,13). The van der Waals surface area contributed by atoms with Crippen molar-refractivity contribution in [3.8, 4) is 5.75 Å². The van der Waals surface area contributed by atoms with E-state index in [4.69, 9.17) is 20.4 Å². The summed E-state index contributed by atoms with van der Waals surface area (Å²) in [6, 6.07) is 6.48. The minimum atomic E-state index is -0.423. The van der Waals surface area contributed by atoms with E-state index in [1.807, 2.05) is 0 Å². The number of nitrogens with zero attached hydrogens (tertiary/aromatic N) is 1. The zero-order valence-corrected chi connectivity index (χ0v) is 9.42. The van der Waals surface area contributed by atoms with Gasteiger partial charge in [-0.15, -0.1) is 0 Å². The van der Waals surface area contributed by atoms with Gasteiger partial charge in [-0.1, -0.05) is 5.16 Å². The van der Waals surface area contributed by atoms with Gasteiger partial charge in [0, 0.05) is 5.56 Å². The molecule has 1 rings (SSSR count). The van der Waals surface area contributed by atoms with E-state index in [-0.39, 0.29) is 12.4 Å². The maximum Gasteiger partial charge on any atom is 0.344 e. The first-order valence-corrected chi connectivity index (χ1v) is 5.03. The molecule has 0 aliphatic carbocycles. The second kappa shape index (κ2) is 6.37. The highest BCUT2D eigenvalue weighted by atomic mass is 16.6. The molecule has 3 N–H and O–H groups in total. The number of oxime groups is 1. The highest BCUT2D eigenvalue weighted by molar-refractivity contribution is 5.97. The number of hydrogen-bond donors (Lipinski definition) is 2. The van der Waals surface area contributed by atoms with Gasteiger partial charge in [0.15, 0.2) is 12.4 Å². The number of carbonyl (C=O) groups excluding carboxylic acids is 1. The minimum Gasteiger partial charge on any atom is -0.482 e. The first kappa shape index (κ1) is 12.8. The highest BCUT2D eigenvalue weighted by Crippen LogP contribution is 2.11. The third-order valence-corrected chi connectivity index (χ3v) is 1.92. The number of esters is 1. The van der Waals surface area contributed by atoms with Gasteiger partial charge in [-0.3, -0.25) is 0 Å². The molecule has 17 heavy (non-hydrogen) atoms. The van der Waals surface area contributed by atoms with Crippen LogP contribution in [0.15, 0.2) is 29.4 Å². The topological polar surface area (TPSA) is 94.1 Å². The van der Waals surface area contributed by atoms with Crippen LogP contribution in [0.1, 0.15) is 12.5 Å². The van der Waals surface area contributed by atoms with Crippen LogP contribution < -0.4 is 10.5 Å². The maximum absolute atomic E-state index is 11.0. The smallest absolute Gasteiger partial charge is 0.344 e. The van der Waals surface area contributed by atoms with Gasteiger partial charge in [0.1, 0.15) is 5.75 Å². The van der Waals surface area contributed by atoms with Gasteiger partial charge in [0.05, 0.1) is 6.61 Å². The fraction of sp³-hybridized carbons (Fsp3) is 0.273. The molecule has 0 aromatic heterocycles. The summed E-state index contributed by atoms with van der Waals surface area (Å²) in [5.74, 6) is 0.0995. The van der Waals surface area contributed by atoms with Crippen LogP contribution in [0.4, 0.5) is 0 Å². The number of ether oxygens (including phenoxy) is 2. The van der Waals surface area contributed by atoms with E-state index in [1.54, 1.807) is 31.2 Å². The van der Waals surface area contributed by atoms with Crippen LogP contribution in [0.25, 0.3) is 0 Å². The fourth-order valence-corrected chi connectivity index (χ4v) is 1.12. The first-order chi connectivity index (χ1) is 8.17. The Labute approximate surface area is 98.6 Å². The van der Waals surface area contributed by atoms with Crippen molar-refractivity contribution >= 4 is 11.8 Å². The van der Waals surface area contributed by atoms with Gasteiger partial charge in [-0.05, 0) is 31.2 Å². The monoisotopic (exact) mass is 238 g/mol. The molecule has 0 fully saturated rings. The van der Waals surface area contributed by atoms with Gasteiger partial charge in [-0.25, -0.2) is 4.79 Å². The molecule has 0 atom stereocenters. The summed E-state index contributed by atoms with van der Waals surface area (Å²) in [6.45, 7) is 1.91. The van der Waals surface area contributed by atoms with E-state index in [2.05, 4.69) is 5.16 Å². The molecule has 6 nitrogen and oxygen atoms in total. The molecule has 0 radical (unpaired) electrons. The van der Waals surface area contributed by atoms with Crippen molar-refractivity contribution in [1.29, 1.82) is 0 Å². The molecule has 0 saturated carbocycles. The molecule has 0 bridgehead atoms. The van der Waals surface area contributed by atoms with Crippen molar-refractivity contribution < 1.29 is 19.5 Å². The Morgan fingerprint density at radius 3 is 2.59 bits per heavy atom. The summed E-state index contributed by atoms with van der Waals surface area (Å²) in [7, 11) is 0. The number of carbonyl (C=O) groups is 1. The van der Waals surface area contributed by atoms with Gasteiger partial charge in [-0.2, -0.15) is 0 Å². The summed E-state index contributed by atoms with van der Waals surface area (Å²) in [5, 5.41) is 11.3. The Hall–Kier alpha value is -2.24. The first-order valence-electron chi connectivity index (χ1n) is 5.03. The molecule has 0 amide bonds. The largest absolute Gasteiger partial charge is 0.482 e. The van der Waals surface area contributed by atoms with Gasteiger partial charge >= 0.3 is 5.97 Å². The summed E-state index contributed by atoms with van der Waals surface area (Å²) < 4.78 is 9.88. The highest BCUT2D eigenvalue weighted by Gasteiger charge is 2.03. The molecule has 0 aliphatic heterocycles. The summed E-state index contributed by atoms with van der Waals surface area (Å²) >= 11 is 0. The zero-order chi connectivity index (χ0) is 12.7. The van der Waals surface area contributed by atoms with E-state index in [9.17, 15) is 4.79 Å². The lowest BCUT2D eigenvalue weighted by atomic mass is 10.2. The zero-order valence-electron chi connectivity index (χ0n) is 9.42. The molecule has 1 aromatic rings. The number of hydrogen-bond acceptors (Lipinski definition) is 5. The molecule has 0 saturated heterocycles. The average molecular weight is 238 g/mol. The lowest BCUT2D eigenvalue weighted by Gasteiger charge is -2.06. The average Bonchev–Trinajstić information content (AvgIpc) is 2.36. The summed E-state index contributed by atoms with van der Waals surface area (Å²) in [6.07, 6.45) is 0. The molecule has 0 aliphatic rings. The normalized spacial score (nSPS) is 11.0. The van der Waals surface area contributed by atoms with Gasteiger partial charge < -0.3 is 20.4 Å². The number of benzene rings is 1. The second-order valence-corrected chi connectivity index (χ2v) is 3.10. The molecular weight excluding hydrogens is 224 g/mol. The predicted molar refractivity (Wildman–Crippen MR) is 61.1 cm³/mol. The Bertz CT molecular complexity index is 400. The van der Waals surface area contributed by atoms with Crippen LogP contribution in [0.2, 0.25) is 0 Å². The number of nitrogens with two attached hydrogens (primary N) is 1. The molecular formula is C11H14N2O4. The van der Waals surface area contributed by atoms with E-state index in [0.29, 0.717) is 17.9 Å². The van der Waals surface area contributed by atoms with Gasteiger partial charge in [0.25, 0.3) is 0 Å². The fourth-order valence-electron chi connectivity index (χ4n) is 1.12. The molecule has 0 spiro atoms. The SMILES string of the molecule is CCOC(=O)COc1ccc(/C(N)=N/O)cc1. The van der Waals surface area contributed by atoms with Crippen LogP contribution in [-0.4, -0.2) is 30.2 Å². The van der Waals surface area contributed by atoms with Crippen molar-refractivity contribution in [2.45, 2.75) is 6.92 Å². The number of amidine groups is 1. The van der Waals surface area contributed by atoms with Crippen LogP contribution in [0, 0.1) is 0 Å². The van der Waals surface area contributed by atoms with E-state index in [0.717, 1.165) is 0 Å². The maximum atomic E-state index is 11.0. The number of rotatable bonds is 5. The summed E-state index contributed by atoms with van der Waals surface area (Å²) in [5.41, 5.74) is 5.96. The van der Waals surface area contributed by atoms with E-state index < -0.39 is 5.97 Å². The molecule has 0 heterocycles. The van der Waals surface area contributed by atoms with Crippen molar-refractivity contribution in [1.82, 2.24) is 0 Å². The Balaban J connectivity index is 2.54. The van der Waals surface area contributed by atoms with Crippen LogP contribution in [0.5, 0.6) is 5.75 Å². The third kappa shape index (κ3) is 4.02. The predicted octanol–water partition coefficient (Wildman–Crippen LogP) is 0.723. The van der Waals surface area contributed by atoms with E-state index in [1.165, 1.54) is 0 Å². The molecule has 0 unspecified atom stereocenters. The second-order valence-electron chi connectivity index (χ2n) is 3.10. The van der Waals surface area contributed by atoms with E-state index >= 15 is 0 Å². The Morgan fingerprint density at radius 1 is 1.41 bits per heavy atom. The minimum absolute atomic E-state index is 0.0157. The lowest BCUT2D eigenvalue weighted by Crippen LogP contribution is -2.15. The molecule has 1 aromatic carbocycles. The van der Waals surface area contributed by atoms with Crippen LogP contribution in [0.3, 0.4) is 0 Å². The van der Waals surface area contributed by atoms with Crippen molar-refractivity contribution in [3.05, 3.63) is 29.8 Å². The van der Waals surface area contributed by atoms with Crippen molar-refractivity contribution in [3.63, 3.8) is 0 Å². The molecule has 6 heteroatoms. The van der Waals surface area contributed by atoms with Crippen LogP contribution in [-0.2, 0) is 9.53 Å². The van der Waals surface area contributed by atoms with Crippen LogP contribution >= 0.6 is 0 Å². The van der Waals surface area contributed by atoms with Crippen molar-refractivity contribution in [2.75, 3.05) is 13.2 Å². The molecule has 92 valence electrons. The van der Waals surface area contributed by atoms with Crippen molar-refractivity contribution in [2.24, 2.45) is 10.9 Å². The summed E-state index contributed by atoms with van der Waals surface area (Å²) in [4.78, 5) is 11.0. The quantitative estimate of drug-likeness (QED) is 0.259. The Kier molecular flexibility index (Phi) is 4.80. The lowest BCUT2D eigenvalue weighted by molar-refractivity contribution is -0.145.